The number of rotatable bonds is 3. The minimum Gasteiger partial charge on any atom is -0.335 e. The predicted octanol–water partition coefficient (Wildman–Crippen LogP) is 2.53. The van der Waals surface area contributed by atoms with Crippen LogP contribution in [-0.4, -0.2) is 21.5 Å². The Hall–Kier alpha value is -1.56. The second kappa shape index (κ2) is 5.61. The summed E-state index contributed by atoms with van der Waals surface area (Å²) in [6.07, 6.45) is 9.88. The van der Waals surface area contributed by atoms with Crippen LogP contribution in [0, 0.1) is 0 Å². The van der Waals surface area contributed by atoms with Crippen molar-refractivity contribution >= 4 is 22.3 Å². The van der Waals surface area contributed by atoms with Gasteiger partial charge in [-0.2, -0.15) is 0 Å². The summed E-state index contributed by atoms with van der Waals surface area (Å²) in [5.74, 6) is 0. The summed E-state index contributed by atoms with van der Waals surface area (Å²) in [4.78, 5) is 17.2. The van der Waals surface area contributed by atoms with Crippen molar-refractivity contribution in [2.45, 2.75) is 44.7 Å². The number of nitrogens with one attached hydrogen (secondary N) is 2. The Morgan fingerprint density at radius 3 is 3.05 bits per heavy atom. The Morgan fingerprint density at radius 2 is 2.26 bits per heavy atom. The van der Waals surface area contributed by atoms with Gasteiger partial charge in [0, 0.05) is 23.8 Å². The van der Waals surface area contributed by atoms with E-state index in [0.717, 1.165) is 23.5 Å². The number of thiazole rings is 1. The number of imidazole rings is 1. The molecule has 6 heteroatoms. The van der Waals surface area contributed by atoms with E-state index >= 15 is 0 Å². The van der Waals surface area contributed by atoms with Crippen LogP contribution in [0.25, 0.3) is 4.96 Å². The van der Waals surface area contributed by atoms with E-state index in [1.54, 1.807) is 11.3 Å². The van der Waals surface area contributed by atoms with E-state index in [1.165, 1.54) is 19.3 Å². The summed E-state index contributed by atoms with van der Waals surface area (Å²) in [6, 6.07) is 0.266. The number of nitrogens with zero attached hydrogens (tertiary/aromatic N) is 2. The van der Waals surface area contributed by atoms with Crippen LogP contribution < -0.4 is 10.6 Å². The van der Waals surface area contributed by atoms with E-state index in [1.807, 2.05) is 22.2 Å². The molecule has 2 aromatic rings. The lowest BCUT2D eigenvalue weighted by atomic mass is 9.96. The van der Waals surface area contributed by atoms with Crippen LogP contribution in [0.2, 0.25) is 0 Å². The van der Waals surface area contributed by atoms with E-state index in [-0.39, 0.29) is 6.03 Å². The third-order valence-corrected chi connectivity index (χ3v) is 4.28. The van der Waals surface area contributed by atoms with E-state index in [2.05, 4.69) is 15.6 Å². The van der Waals surface area contributed by atoms with Gasteiger partial charge in [-0.25, -0.2) is 9.78 Å². The first kappa shape index (κ1) is 12.5. The SMILES string of the molecule is O=C(NCc1cn2ccsc2n1)NC1CCCCC1. The van der Waals surface area contributed by atoms with E-state index < -0.39 is 0 Å². The molecule has 1 fully saturated rings. The molecule has 0 aliphatic heterocycles. The van der Waals surface area contributed by atoms with E-state index in [0.29, 0.717) is 12.6 Å². The molecule has 0 saturated heterocycles. The van der Waals surface area contributed by atoms with Gasteiger partial charge >= 0.3 is 6.03 Å². The molecule has 2 N–H and O–H groups in total. The highest BCUT2D eigenvalue weighted by molar-refractivity contribution is 7.15. The number of aromatic nitrogens is 2. The van der Waals surface area contributed by atoms with Crippen molar-refractivity contribution < 1.29 is 4.79 Å². The van der Waals surface area contributed by atoms with Crippen molar-refractivity contribution in [2.75, 3.05) is 0 Å². The molecule has 2 heterocycles. The Kier molecular flexibility index (Phi) is 3.68. The monoisotopic (exact) mass is 278 g/mol. The smallest absolute Gasteiger partial charge is 0.315 e. The Labute approximate surface area is 116 Å². The third-order valence-electron chi connectivity index (χ3n) is 3.51. The first-order chi connectivity index (χ1) is 9.31. The van der Waals surface area contributed by atoms with Crippen LogP contribution in [0.4, 0.5) is 4.79 Å². The Balaban J connectivity index is 1.48. The predicted molar refractivity (Wildman–Crippen MR) is 75.3 cm³/mol. The topological polar surface area (TPSA) is 58.4 Å². The molecule has 0 aromatic carbocycles. The molecular formula is C13H18N4OS. The van der Waals surface area contributed by atoms with Crippen LogP contribution in [-0.2, 0) is 6.54 Å². The van der Waals surface area contributed by atoms with Crippen LogP contribution in [0.3, 0.4) is 0 Å². The van der Waals surface area contributed by atoms with Gasteiger partial charge in [-0.1, -0.05) is 19.3 Å². The van der Waals surface area contributed by atoms with Crippen molar-refractivity contribution in [3.63, 3.8) is 0 Å². The molecule has 0 radical (unpaired) electrons. The van der Waals surface area contributed by atoms with Gasteiger partial charge < -0.3 is 10.6 Å². The fraction of sp³-hybridized carbons (Fsp3) is 0.538. The van der Waals surface area contributed by atoms with Crippen molar-refractivity contribution in [1.29, 1.82) is 0 Å². The van der Waals surface area contributed by atoms with Gasteiger partial charge in [0.05, 0.1) is 12.2 Å². The minimum atomic E-state index is -0.0803. The zero-order valence-corrected chi connectivity index (χ0v) is 11.6. The van der Waals surface area contributed by atoms with Gasteiger partial charge in [0.1, 0.15) is 0 Å². The second-order valence-corrected chi connectivity index (χ2v) is 5.86. The molecule has 19 heavy (non-hydrogen) atoms. The first-order valence-electron chi connectivity index (χ1n) is 6.77. The molecule has 1 aliphatic rings. The lowest BCUT2D eigenvalue weighted by molar-refractivity contribution is 0.232. The highest BCUT2D eigenvalue weighted by Gasteiger charge is 2.15. The molecule has 2 aromatic heterocycles. The maximum atomic E-state index is 11.8. The van der Waals surface area contributed by atoms with Gasteiger partial charge in [-0.05, 0) is 12.8 Å². The number of carbonyl (C=O) groups is 1. The molecule has 0 bridgehead atoms. The van der Waals surface area contributed by atoms with Gasteiger partial charge in [0.25, 0.3) is 0 Å². The summed E-state index contributed by atoms with van der Waals surface area (Å²) >= 11 is 1.59. The molecule has 102 valence electrons. The van der Waals surface area contributed by atoms with Crippen molar-refractivity contribution in [1.82, 2.24) is 20.0 Å². The fourth-order valence-electron chi connectivity index (χ4n) is 2.52. The lowest BCUT2D eigenvalue weighted by Gasteiger charge is -2.22. The molecule has 0 unspecified atom stereocenters. The number of fused-ring (bicyclic) bond motifs is 1. The molecule has 2 amide bonds. The maximum absolute atomic E-state index is 11.8. The van der Waals surface area contributed by atoms with Crippen LogP contribution in [0.15, 0.2) is 17.8 Å². The van der Waals surface area contributed by atoms with Gasteiger partial charge in [0.2, 0.25) is 0 Å². The molecule has 3 rings (SSSR count). The molecule has 0 spiro atoms. The number of hydrogen-bond acceptors (Lipinski definition) is 3. The van der Waals surface area contributed by atoms with Gasteiger partial charge in [-0.3, -0.25) is 4.40 Å². The summed E-state index contributed by atoms with van der Waals surface area (Å²) in [6.45, 7) is 0.479. The molecule has 1 saturated carbocycles. The average molecular weight is 278 g/mol. The molecule has 1 aliphatic carbocycles. The Bertz CT molecular complexity index is 527. The maximum Gasteiger partial charge on any atom is 0.315 e. The highest BCUT2D eigenvalue weighted by atomic mass is 32.1. The van der Waals surface area contributed by atoms with Crippen molar-refractivity contribution in [2.24, 2.45) is 0 Å². The minimum absolute atomic E-state index is 0.0803. The van der Waals surface area contributed by atoms with E-state index in [9.17, 15) is 4.79 Å². The Morgan fingerprint density at radius 1 is 1.42 bits per heavy atom. The van der Waals surface area contributed by atoms with Gasteiger partial charge in [-0.15, -0.1) is 11.3 Å². The number of amides is 2. The summed E-state index contributed by atoms with van der Waals surface area (Å²) in [5.41, 5.74) is 0.894. The van der Waals surface area contributed by atoms with Gasteiger partial charge in [0.15, 0.2) is 4.96 Å². The zero-order valence-electron chi connectivity index (χ0n) is 10.8. The van der Waals surface area contributed by atoms with Crippen LogP contribution >= 0.6 is 11.3 Å². The largest absolute Gasteiger partial charge is 0.335 e. The molecule has 0 atom stereocenters. The van der Waals surface area contributed by atoms with Crippen molar-refractivity contribution in [3.05, 3.63) is 23.5 Å². The molecular weight excluding hydrogens is 260 g/mol. The van der Waals surface area contributed by atoms with Crippen molar-refractivity contribution in [3.8, 4) is 0 Å². The number of hydrogen-bond donors (Lipinski definition) is 2. The summed E-state index contributed by atoms with van der Waals surface area (Å²) < 4.78 is 1.97. The van der Waals surface area contributed by atoms with Crippen LogP contribution in [0.5, 0.6) is 0 Å². The standard InChI is InChI=1S/C13H18N4OS/c18-12(15-10-4-2-1-3-5-10)14-8-11-9-17-6-7-19-13(17)16-11/h6-7,9-10H,1-5,8H2,(H2,14,15,18). The second-order valence-electron chi connectivity index (χ2n) is 4.99. The number of urea groups is 1. The normalized spacial score (nSPS) is 16.6. The average Bonchev–Trinajstić information content (AvgIpc) is 2.98. The summed E-state index contributed by atoms with van der Waals surface area (Å²) in [7, 11) is 0. The van der Waals surface area contributed by atoms with E-state index in [4.69, 9.17) is 0 Å². The number of carbonyl (C=O) groups excluding carboxylic acids is 1. The fourth-order valence-corrected chi connectivity index (χ4v) is 3.23. The van der Waals surface area contributed by atoms with Crippen LogP contribution in [0.1, 0.15) is 37.8 Å². The first-order valence-corrected chi connectivity index (χ1v) is 7.65. The zero-order chi connectivity index (χ0) is 13.1. The quantitative estimate of drug-likeness (QED) is 0.906. The highest BCUT2D eigenvalue weighted by Crippen LogP contribution is 2.17. The molecule has 5 nitrogen and oxygen atoms in total. The third kappa shape index (κ3) is 3.07. The summed E-state index contributed by atoms with van der Waals surface area (Å²) in [5, 5.41) is 7.91. The lowest BCUT2D eigenvalue weighted by Crippen LogP contribution is -2.42.